The largest absolute Gasteiger partial charge is 0.492 e. The number of hydrogen-bond acceptors (Lipinski definition) is 4. The van der Waals surface area contributed by atoms with Gasteiger partial charge in [-0.25, -0.2) is 0 Å². The Morgan fingerprint density at radius 2 is 1.84 bits per heavy atom. The molecule has 25 heavy (non-hydrogen) atoms. The molecule has 0 fully saturated rings. The minimum Gasteiger partial charge on any atom is -0.492 e. The number of hydrogen-bond donors (Lipinski definition) is 2. The Morgan fingerprint density at radius 1 is 1.04 bits per heavy atom. The predicted molar refractivity (Wildman–Crippen MR) is 110 cm³/mol. The van der Waals surface area contributed by atoms with Gasteiger partial charge in [0.05, 0.1) is 26.0 Å². The first-order valence-corrected chi connectivity index (χ1v) is 8.10. The second-order valence-electron chi connectivity index (χ2n) is 5.07. The number of ether oxygens (including phenoxy) is 2. The van der Waals surface area contributed by atoms with Crippen LogP contribution in [-0.2, 0) is 11.2 Å². The summed E-state index contributed by atoms with van der Waals surface area (Å²) in [6, 6.07) is 13.6. The molecule has 6 nitrogen and oxygen atoms in total. The fourth-order valence-electron chi connectivity index (χ4n) is 2.04. The average molecular weight is 459 g/mol. The molecular weight excluding hydrogens is 433 g/mol. The molecular formula is C18H26IN3O3. The van der Waals surface area contributed by atoms with E-state index in [2.05, 4.69) is 15.6 Å². The molecule has 0 amide bonds. The number of aliphatic imine (C=N–C) groups is 1. The smallest absolute Gasteiger partial charge is 0.191 e. The van der Waals surface area contributed by atoms with E-state index in [0.29, 0.717) is 26.3 Å². The van der Waals surface area contributed by atoms with Crippen LogP contribution in [0.2, 0.25) is 0 Å². The van der Waals surface area contributed by atoms with Gasteiger partial charge in [-0.1, -0.05) is 18.2 Å². The summed E-state index contributed by atoms with van der Waals surface area (Å²) < 4.78 is 16.0. The van der Waals surface area contributed by atoms with E-state index in [9.17, 15) is 0 Å². The molecule has 0 radical (unpaired) electrons. The fourth-order valence-corrected chi connectivity index (χ4v) is 2.04. The van der Waals surface area contributed by atoms with E-state index in [0.717, 1.165) is 30.4 Å². The molecule has 2 N–H and O–H groups in total. The van der Waals surface area contributed by atoms with Gasteiger partial charge in [0, 0.05) is 20.1 Å². The topological polar surface area (TPSA) is 68.0 Å². The number of para-hydroxylation sites is 1. The second kappa shape index (κ2) is 13.5. The molecule has 0 unspecified atom stereocenters. The van der Waals surface area contributed by atoms with E-state index in [1.54, 1.807) is 13.4 Å². The summed E-state index contributed by atoms with van der Waals surface area (Å²) in [6.07, 6.45) is 2.49. The zero-order valence-corrected chi connectivity index (χ0v) is 16.8. The van der Waals surface area contributed by atoms with Gasteiger partial charge in [-0.15, -0.1) is 24.0 Å². The summed E-state index contributed by atoms with van der Waals surface area (Å²) in [7, 11) is 1.67. The zero-order chi connectivity index (χ0) is 16.9. The van der Waals surface area contributed by atoms with E-state index in [-0.39, 0.29) is 24.0 Å². The highest BCUT2D eigenvalue weighted by Crippen LogP contribution is 2.07. The van der Waals surface area contributed by atoms with Crippen LogP contribution in [0.5, 0.6) is 5.75 Å². The highest BCUT2D eigenvalue weighted by Gasteiger charge is 2.00. The summed E-state index contributed by atoms with van der Waals surface area (Å²) in [5.41, 5.74) is 0. The van der Waals surface area contributed by atoms with E-state index in [1.165, 1.54) is 0 Å². The lowest BCUT2D eigenvalue weighted by Crippen LogP contribution is -2.40. The number of nitrogens with one attached hydrogen (secondary N) is 2. The molecule has 0 saturated carbocycles. The van der Waals surface area contributed by atoms with E-state index in [1.807, 2.05) is 42.5 Å². The van der Waals surface area contributed by atoms with Gasteiger partial charge < -0.3 is 24.5 Å². The number of methoxy groups -OCH3 is 1. The van der Waals surface area contributed by atoms with Gasteiger partial charge in [-0.3, -0.25) is 4.99 Å². The monoisotopic (exact) mass is 459 g/mol. The van der Waals surface area contributed by atoms with Crippen LogP contribution in [0.25, 0.3) is 0 Å². The van der Waals surface area contributed by atoms with Crippen LogP contribution in [0, 0.1) is 0 Å². The van der Waals surface area contributed by atoms with Crippen molar-refractivity contribution in [2.45, 2.75) is 6.42 Å². The third-order valence-electron chi connectivity index (χ3n) is 3.22. The van der Waals surface area contributed by atoms with Crippen LogP contribution < -0.4 is 15.4 Å². The van der Waals surface area contributed by atoms with E-state index < -0.39 is 0 Å². The lowest BCUT2D eigenvalue weighted by molar-refractivity contribution is 0.208. The standard InChI is InChI=1S/C18H25N3O3.HI/c1-22-14-11-20-18(19-10-9-17-8-5-13-23-17)21-12-15-24-16-6-3-2-4-7-16;/h2-8,13H,9-12,14-15H2,1H3,(H2,19,20,21);1H. The molecule has 0 aliphatic heterocycles. The summed E-state index contributed by atoms with van der Waals surface area (Å²) in [6.45, 7) is 3.16. The zero-order valence-electron chi connectivity index (χ0n) is 14.4. The highest BCUT2D eigenvalue weighted by molar-refractivity contribution is 14.0. The van der Waals surface area contributed by atoms with Crippen LogP contribution in [0.4, 0.5) is 0 Å². The number of benzene rings is 1. The van der Waals surface area contributed by atoms with Crippen molar-refractivity contribution < 1.29 is 13.9 Å². The molecule has 2 aromatic rings. The van der Waals surface area contributed by atoms with Crippen LogP contribution in [0.1, 0.15) is 5.76 Å². The molecule has 0 saturated heterocycles. The minimum atomic E-state index is 0. The SMILES string of the molecule is COCCN=C(NCCOc1ccccc1)NCCc1ccco1.I. The number of rotatable bonds is 10. The second-order valence-corrected chi connectivity index (χ2v) is 5.07. The summed E-state index contributed by atoms with van der Waals surface area (Å²) in [5.74, 6) is 2.56. The Balaban J connectivity index is 0.00000312. The van der Waals surface area contributed by atoms with Crippen LogP contribution in [0.15, 0.2) is 58.1 Å². The average Bonchev–Trinajstić information content (AvgIpc) is 3.13. The van der Waals surface area contributed by atoms with Crippen molar-refractivity contribution in [2.24, 2.45) is 4.99 Å². The van der Waals surface area contributed by atoms with Gasteiger partial charge in [0.25, 0.3) is 0 Å². The number of halogens is 1. The predicted octanol–water partition coefficient (Wildman–Crippen LogP) is 2.70. The van der Waals surface area contributed by atoms with E-state index >= 15 is 0 Å². The van der Waals surface area contributed by atoms with Gasteiger partial charge in [0.1, 0.15) is 18.1 Å². The first-order chi connectivity index (χ1) is 11.9. The molecule has 0 aliphatic rings. The molecule has 0 spiro atoms. The van der Waals surface area contributed by atoms with Gasteiger partial charge >= 0.3 is 0 Å². The third kappa shape index (κ3) is 9.35. The molecule has 138 valence electrons. The van der Waals surface area contributed by atoms with Crippen LogP contribution in [0.3, 0.4) is 0 Å². The Bertz CT molecular complexity index is 577. The first-order valence-electron chi connectivity index (χ1n) is 8.10. The molecule has 1 aromatic carbocycles. The molecule has 2 rings (SSSR count). The van der Waals surface area contributed by atoms with Gasteiger partial charge in [-0.05, 0) is 24.3 Å². The molecule has 1 aromatic heterocycles. The normalized spacial score (nSPS) is 10.8. The maximum Gasteiger partial charge on any atom is 0.191 e. The van der Waals surface area contributed by atoms with Gasteiger partial charge in [0.15, 0.2) is 5.96 Å². The number of nitrogens with zero attached hydrogens (tertiary/aromatic N) is 1. The Kier molecular flexibility index (Phi) is 11.5. The van der Waals surface area contributed by atoms with Gasteiger partial charge in [0.2, 0.25) is 0 Å². The maximum atomic E-state index is 5.66. The van der Waals surface area contributed by atoms with Crippen molar-refractivity contribution in [1.29, 1.82) is 0 Å². The highest BCUT2D eigenvalue weighted by atomic mass is 127. The molecule has 1 heterocycles. The quantitative estimate of drug-likeness (QED) is 0.248. The fraction of sp³-hybridized carbons (Fsp3) is 0.389. The summed E-state index contributed by atoms with van der Waals surface area (Å²) in [4.78, 5) is 4.46. The van der Waals surface area contributed by atoms with Crippen molar-refractivity contribution in [3.63, 3.8) is 0 Å². The Morgan fingerprint density at radius 3 is 2.56 bits per heavy atom. The third-order valence-corrected chi connectivity index (χ3v) is 3.22. The Labute approximate surface area is 166 Å². The lowest BCUT2D eigenvalue weighted by atomic mass is 10.3. The maximum absolute atomic E-state index is 5.66. The molecule has 0 bridgehead atoms. The van der Waals surface area contributed by atoms with Crippen molar-refractivity contribution in [2.75, 3.05) is 40.0 Å². The summed E-state index contributed by atoms with van der Waals surface area (Å²) >= 11 is 0. The molecule has 0 atom stereocenters. The van der Waals surface area contributed by atoms with Crippen molar-refractivity contribution in [1.82, 2.24) is 10.6 Å². The Hall–Kier alpha value is -1.74. The number of furan rings is 1. The lowest BCUT2D eigenvalue weighted by Gasteiger charge is -2.13. The van der Waals surface area contributed by atoms with Crippen LogP contribution in [-0.4, -0.2) is 45.9 Å². The minimum absolute atomic E-state index is 0. The van der Waals surface area contributed by atoms with Crippen molar-refractivity contribution in [3.8, 4) is 5.75 Å². The van der Waals surface area contributed by atoms with Gasteiger partial charge in [-0.2, -0.15) is 0 Å². The van der Waals surface area contributed by atoms with Crippen molar-refractivity contribution >= 4 is 29.9 Å². The molecule has 7 heteroatoms. The molecule has 0 aliphatic carbocycles. The number of guanidine groups is 1. The van der Waals surface area contributed by atoms with E-state index in [4.69, 9.17) is 13.9 Å². The first kappa shape index (κ1) is 21.3. The van der Waals surface area contributed by atoms with Crippen LogP contribution >= 0.6 is 24.0 Å². The summed E-state index contributed by atoms with van der Waals surface area (Å²) in [5, 5.41) is 6.54. The van der Waals surface area contributed by atoms with Crippen molar-refractivity contribution in [3.05, 3.63) is 54.5 Å².